The highest BCUT2D eigenvalue weighted by Gasteiger charge is 2.21. The summed E-state index contributed by atoms with van der Waals surface area (Å²) < 4.78 is 2.12. The van der Waals surface area contributed by atoms with Gasteiger partial charge in [0.15, 0.2) is 0 Å². The normalized spacial score (nSPS) is 24.9. The maximum absolute atomic E-state index is 4.63. The minimum absolute atomic E-state index is 0.412. The van der Waals surface area contributed by atoms with Crippen LogP contribution in [0.15, 0.2) is 0 Å². The summed E-state index contributed by atoms with van der Waals surface area (Å²) >= 11 is 0. The van der Waals surface area contributed by atoms with Crippen LogP contribution in [0.3, 0.4) is 0 Å². The van der Waals surface area contributed by atoms with Crippen LogP contribution in [0, 0.1) is 25.7 Å². The average molecular weight is 277 g/mol. The van der Waals surface area contributed by atoms with Crippen LogP contribution in [0.4, 0.5) is 0 Å². The molecule has 3 heteroatoms. The summed E-state index contributed by atoms with van der Waals surface area (Å²) in [5, 5.41) is 8.38. The van der Waals surface area contributed by atoms with E-state index in [4.69, 9.17) is 0 Å². The van der Waals surface area contributed by atoms with Gasteiger partial charge in [0, 0.05) is 23.8 Å². The molecule has 1 N–H and O–H groups in total. The van der Waals surface area contributed by atoms with Crippen molar-refractivity contribution in [1.29, 1.82) is 0 Å². The molecule has 1 unspecified atom stereocenters. The van der Waals surface area contributed by atoms with Gasteiger partial charge in [0.05, 0.1) is 5.69 Å². The summed E-state index contributed by atoms with van der Waals surface area (Å²) in [5.41, 5.74) is 3.90. The number of nitrogens with zero attached hydrogens (tertiary/aromatic N) is 2. The molecule has 20 heavy (non-hydrogen) atoms. The lowest BCUT2D eigenvalue weighted by Gasteiger charge is -2.27. The average Bonchev–Trinajstić information content (AvgIpc) is 2.72. The fourth-order valence-electron chi connectivity index (χ4n) is 3.62. The minimum Gasteiger partial charge on any atom is -0.310 e. The predicted octanol–water partition coefficient (Wildman–Crippen LogP) is 4.00. The van der Waals surface area contributed by atoms with Crippen LogP contribution < -0.4 is 5.32 Å². The summed E-state index contributed by atoms with van der Waals surface area (Å²) in [6, 6.07) is 0.412. The zero-order valence-corrected chi connectivity index (χ0v) is 13.9. The molecule has 1 heterocycles. The summed E-state index contributed by atoms with van der Waals surface area (Å²) in [6.45, 7) is 13.3. The van der Waals surface area contributed by atoms with Gasteiger partial charge in [-0.05, 0) is 58.9 Å². The van der Waals surface area contributed by atoms with Crippen LogP contribution in [0.2, 0.25) is 0 Å². The smallest absolute Gasteiger partial charge is 0.0644 e. The van der Waals surface area contributed by atoms with Gasteiger partial charge >= 0.3 is 0 Å². The maximum atomic E-state index is 4.63. The maximum Gasteiger partial charge on any atom is 0.0644 e. The van der Waals surface area contributed by atoms with E-state index in [1.54, 1.807) is 0 Å². The largest absolute Gasteiger partial charge is 0.310 e. The number of hydrogen-bond donors (Lipinski definition) is 1. The molecule has 0 bridgehead atoms. The van der Waals surface area contributed by atoms with E-state index in [0.717, 1.165) is 24.9 Å². The second-order valence-corrected chi connectivity index (χ2v) is 6.66. The van der Waals surface area contributed by atoms with Gasteiger partial charge in [0.2, 0.25) is 0 Å². The Morgan fingerprint density at radius 3 is 2.45 bits per heavy atom. The van der Waals surface area contributed by atoms with Crippen molar-refractivity contribution in [3.63, 3.8) is 0 Å². The molecule has 1 aromatic heterocycles. The third-order valence-corrected chi connectivity index (χ3v) is 5.02. The molecule has 2 rings (SSSR count). The summed E-state index contributed by atoms with van der Waals surface area (Å²) in [6.07, 6.45) is 5.61. The van der Waals surface area contributed by atoms with Crippen molar-refractivity contribution in [1.82, 2.24) is 15.1 Å². The molecule has 0 spiro atoms. The predicted molar refractivity (Wildman–Crippen MR) is 84.9 cm³/mol. The van der Waals surface area contributed by atoms with Crippen LogP contribution in [0.5, 0.6) is 0 Å². The molecule has 1 aliphatic carbocycles. The van der Waals surface area contributed by atoms with Gasteiger partial charge in [-0.15, -0.1) is 0 Å². The first kappa shape index (κ1) is 15.6. The molecule has 1 aliphatic rings. The molecular formula is C17H31N3. The highest BCUT2D eigenvalue weighted by atomic mass is 15.3. The molecule has 0 radical (unpaired) electrons. The van der Waals surface area contributed by atoms with E-state index in [0.29, 0.717) is 6.04 Å². The summed E-state index contributed by atoms with van der Waals surface area (Å²) in [4.78, 5) is 0. The van der Waals surface area contributed by atoms with Crippen molar-refractivity contribution >= 4 is 0 Å². The molecule has 1 saturated carbocycles. The molecule has 0 saturated heterocycles. The van der Waals surface area contributed by atoms with E-state index in [1.807, 2.05) is 0 Å². The zero-order valence-electron chi connectivity index (χ0n) is 13.9. The molecule has 0 aliphatic heterocycles. The van der Waals surface area contributed by atoms with Crippen LogP contribution in [0.25, 0.3) is 0 Å². The third kappa shape index (κ3) is 3.43. The fourth-order valence-corrected chi connectivity index (χ4v) is 3.62. The molecule has 0 amide bonds. The monoisotopic (exact) mass is 277 g/mol. The molecule has 1 fully saturated rings. The first-order valence-electron chi connectivity index (χ1n) is 8.30. The quantitative estimate of drug-likeness (QED) is 0.881. The Morgan fingerprint density at radius 1 is 1.25 bits per heavy atom. The SMILES string of the molecule is CCn1nc(C)c(C(C)NCC2CCC(C)CC2)c1C. The van der Waals surface area contributed by atoms with Crippen molar-refractivity contribution in [3.8, 4) is 0 Å². The van der Waals surface area contributed by atoms with E-state index in [2.05, 4.69) is 49.7 Å². The molecule has 0 aromatic carbocycles. The van der Waals surface area contributed by atoms with E-state index < -0.39 is 0 Å². The zero-order chi connectivity index (χ0) is 14.7. The highest BCUT2D eigenvalue weighted by Crippen LogP contribution is 2.28. The first-order valence-corrected chi connectivity index (χ1v) is 8.30. The van der Waals surface area contributed by atoms with Gasteiger partial charge < -0.3 is 5.32 Å². The Bertz CT molecular complexity index is 428. The number of aryl methyl sites for hydroxylation is 2. The lowest BCUT2D eigenvalue weighted by atomic mass is 9.83. The van der Waals surface area contributed by atoms with Gasteiger partial charge in [-0.3, -0.25) is 4.68 Å². The van der Waals surface area contributed by atoms with E-state index >= 15 is 0 Å². The molecule has 114 valence electrons. The Labute approximate surface area is 124 Å². The van der Waals surface area contributed by atoms with E-state index in [9.17, 15) is 0 Å². The number of rotatable bonds is 5. The van der Waals surface area contributed by atoms with Gasteiger partial charge in [0.25, 0.3) is 0 Å². The van der Waals surface area contributed by atoms with E-state index in [1.165, 1.54) is 42.6 Å². The lowest BCUT2D eigenvalue weighted by Crippen LogP contribution is -2.28. The summed E-state index contributed by atoms with van der Waals surface area (Å²) in [7, 11) is 0. The van der Waals surface area contributed by atoms with Gasteiger partial charge in [-0.1, -0.05) is 19.8 Å². The number of aromatic nitrogens is 2. The number of hydrogen-bond acceptors (Lipinski definition) is 2. The van der Waals surface area contributed by atoms with Gasteiger partial charge in [0.1, 0.15) is 0 Å². The van der Waals surface area contributed by atoms with Crippen molar-refractivity contribution in [3.05, 3.63) is 17.0 Å². The molecule has 1 aromatic rings. The second-order valence-electron chi connectivity index (χ2n) is 6.66. The lowest BCUT2D eigenvalue weighted by molar-refractivity contribution is 0.276. The Hall–Kier alpha value is -0.830. The molecule has 1 atom stereocenters. The highest BCUT2D eigenvalue weighted by molar-refractivity contribution is 5.27. The first-order chi connectivity index (χ1) is 9.52. The van der Waals surface area contributed by atoms with Crippen molar-refractivity contribution < 1.29 is 0 Å². The Balaban J connectivity index is 1.92. The molecular weight excluding hydrogens is 246 g/mol. The Morgan fingerprint density at radius 2 is 1.90 bits per heavy atom. The van der Waals surface area contributed by atoms with Gasteiger partial charge in [-0.25, -0.2) is 0 Å². The third-order valence-electron chi connectivity index (χ3n) is 5.02. The van der Waals surface area contributed by atoms with Crippen LogP contribution in [-0.4, -0.2) is 16.3 Å². The van der Waals surface area contributed by atoms with E-state index in [-0.39, 0.29) is 0 Å². The van der Waals surface area contributed by atoms with Crippen LogP contribution >= 0.6 is 0 Å². The fraction of sp³-hybridized carbons (Fsp3) is 0.824. The van der Waals surface area contributed by atoms with Crippen LogP contribution in [0.1, 0.15) is 69.4 Å². The molecule has 3 nitrogen and oxygen atoms in total. The summed E-state index contributed by atoms with van der Waals surface area (Å²) in [5.74, 6) is 1.81. The van der Waals surface area contributed by atoms with Crippen molar-refractivity contribution in [2.75, 3.05) is 6.54 Å². The van der Waals surface area contributed by atoms with Crippen molar-refractivity contribution in [2.24, 2.45) is 11.8 Å². The number of nitrogens with one attached hydrogen (secondary N) is 1. The standard InChI is InChI=1S/C17H31N3/c1-6-20-15(5)17(14(4)19-20)13(3)18-11-16-9-7-12(2)8-10-16/h12-13,16,18H,6-11H2,1-5H3. The topological polar surface area (TPSA) is 29.9 Å². The van der Waals surface area contributed by atoms with Crippen molar-refractivity contribution in [2.45, 2.75) is 72.9 Å². The van der Waals surface area contributed by atoms with Gasteiger partial charge in [-0.2, -0.15) is 5.10 Å². The van der Waals surface area contributed by atoms with Crippen LogP contribution in [-0.2, 0) is 6.54 Å². The minimum atomic E-state index is 0.412. The second kappa shape index (κ2) is 6.75. The Kier molecular flexibility index (Phi) is 5.25.